The molecule has 17 aliphatic rings. The quantitative estimate of drug-likeness (QED) is 0.0531. The first kappa shape index (κ1) is 75.3. The number of amides is 5. The van der Waals surface area contributed by atoms with Gasteiger partial charge in [-0.15, -0.1) is 0 Å². The summed E-state index contributed by atoms with van der Waals surface area (Å²) in [4.78, 5) is 91.3. The summed E-state index contributed by atoms with van der Waals surface area (Å²) in [6.07, 6.45) is 7.00. The second-order valence-corrected chi connectivity index (χ2v) is 31.7. The zero-order chi connectivity index (χ0) is 75.3. The molecule has 0 aromatic heterocycles. The molecule has 7 fully saturated rings. The summed E-state index contributed by atoms with van der Waals surface area (Å²) in [6, 6.07) is 37.4. The van der Waals surface area contributed by atoms with Crippen molar-refractivity contribution in [2.45, 2.75) is 217 Å². The third-order valence-electron chi connectivity index (χ3n) is 24.5. The van der Waals surface area contributed by atoms with E-state index in [1.807, 2.05) is 56.3 Å². The average molecular weight is 1470 g/mol. The van der Waals surface area contributed by atoms with Crippen LogP contribution in [0.25, 0.3) is 0 Å². The normalized spacial score (nSPS) is 28.9. The van der Waals surface area contributed by atoms with Gasteiger partial charge < -0.3 is 44.4 Å². The first-order chi connectivity index (χ1) is 50.8. The SMILES string of the molecule is CCOC(=O)C(O)[C@H]1c2ccc(C)cc2C2CC1C2.CCOC(=O)C[C@H]1c2ccc(C)cc2C2CC1C2.CCOC(C)=O.Cc1ccc(Oc2ccc3c(c2)C2CC(C2)[C@H]3C2OC(=O)NC2=O)c(Cl)c1.Cc1ccc2c(c1)C1CC(C1)[C@H]2C(O)C(N)=O.Cc1ccc2c(c1)C1CC(C1)[C@H]2C1OC(=O)NC1=O. The Morgan fingerprint density at radius 3 is 1.26 bits per heavy atom. The first-order valence-corrected chi connectivity index (χ1v) is 38.3. The predicted octanol–water partition coefficient (Wildman–Crippen LogP) is 14.9. The Bertz CT molecular complexity index is 4390. The molecule has 5 saturated carbocycles. The Kier molecular flexibility index (Phi) is 22.4. The number of ether oxygens (including phenoxy) is 6. The summed E-state index contributed by atoms with van der Waals surface area (Å²) >= 11 is 6.28. The number of aryl methyl sites for hydroxylation is 5. The third-order valence-corrected chi connectivity index (χ3v) is 24.8. The molecule has 0 radical (unpaired) electrons. The largest absolute Gasteiger partial charge is 0.466 e. The number of alkyl carbamates (subject to hydrolysis) is 2. The topological polar surface area (TPSA) is 282 Å². The van der Waals surface area contributed by atoms with Gasteiger partial charge in [-0.25, -0.2) is 14.4 Å². The number of hydrogen-bond acceptors (Lipinski definition) is 16. The number of nitrogens with one attached hydrogen (secondary N) is 2. The van der Waals surface area contributed by atoms with Crippen molar-refractivity contribution in [1.29, 1.82) is 0 Å². The molecule has 106 heavy (non-hydrogen) atoms. The molecule has 15 aliphatic carbocycles. The Balaban J connectivity index is 0.000000116. The molecule has 6 aromatic rings. The van der Waals surface area contributed by atoms with Crippen LogP contribution in [0.15, 0.2) is 109 Å². The van der Waals surface area contributed by atoms with Gasteiger partial charge in [-0.05, 0) is 270 Å². The van der Waals surface area contributed by atoms with Crippen LogP contribution >= 0.6 is 11.6 Å². The van der Waals surface area contributed by atoms with Crippen molar-refractivity contribution < 1.29 is 77.0 Å². The minimum Gasteiger partial charge on any atom is -0.466 e. The fourth-order valence-electron chi connectivity index (χ4n) is 19.2. The standard InChI is InChI=1S/C21H18ClNO4.C16H20O3.C16H20O2.C15H15NO3.C14H17NO2.C4H8O2/c1-10-2-5-17(16(22)6-10)26-13-3-4-14-15(9-13)11-7-12(8-11)18(14)19-20(24)23-21(25)27-19;1-3-19-16(18)15(17)14-11-7-10(8-11)13-6-9(2)4-5-12(13)14;1-3-18-16(17)9-15-12-7-11(8-12)14-6-10(2)4-5-13(14)15;1-7-2-3-10-11(4-7)8-5-9(6-8)12(10)13-14(17)16-15(18)19-13;1-7-2-3-10-11(4-7)8-5-9(6-8)12(10)13(16)14(15)17;1-3-6-4(2)5/h2-6,9,11-12,18-19H,7-8H2,1H3,(H,23,24,25);4-6,10-11,14-15,17H,3,7-8H2,1-2H3;4-6,11-12,15H,3,7-9H2,1-2H3;2-4,8-9,12-13H,5-6H2,1H3,(H,16,17,18);2-4,8-9,12-13,16H,5-6H2,1H3,(H2,15,17);3H2,1-2H3/t11?,12?,18-,19?;10?,11?,14-,15?;11?,12?,15-;2*8?,9?,12-,13?;/m11111./s1. The Labute approximate surface area is 624 Å². The maximum atomic E-state index is 12.1. The average Bonchev–Trinajstić information content (AvgIpc) is 0.917. The number of aliphatic hydroxyl groups excluding tert-OH is 2. The second kappa shape index (κ2) is 31.5. The van der Waals surface area contributed by atoms with Gasteiger partial charge in [0.05, 0.1) is 31.3 Å². The van der Waals surface area contributed by atoms with Crippen molar-refractivity contribution in [1.82, 2.24) is 10.6 Å². The van der Waals surface area contributed by atoms with Gasteiger partial charge in [0.1, 0.15) is 17.6 Å². The number of benzene rings is 6. The third kappa shape index (κ3) is 15.4. The molecule has 19 nitrogen and oxygen atoms in total. The molecule has 23 rings (SSSR count). The van der Waals surface area contributed by atoms with E-state index in [4.69, 9.17) is 41.0 Å². The van der Waals surface area contributed by atoms with Crippen LogP contribution in [0.1, 0.15) is 241 Å². The fraction of sp³-hybridized carbons (Fsp3) is 0.488. The summed E-state index contributed by atoms with van der Waals surface area (Å²) in [5.41, 5.74) is 24.0. The number of carbonyl (C=O) groups excluding carboxylic acids is 8. The van der Waals surface area contributed by atoms with Gasteiger partial charge in [-0.2, -0.15) is 0 Å². The van der Waals surface area contributed by atoms with Crippen LogP contribution in [0.3, 0.4) is 0 Å². The molecular weight excluding hydrogens is 1370 g/mol. The number of esters is 3. The van der Waals surface area contributed by atoms with Crippen molar-refractivity contribution in [3.63, 3.8) is 0 Å². The minimum absolute atomic E-state index is 0.0343. The molecule has 2 aliphatic heterocycles. The van der Waals surface area contributed by atoms with Gasteiger partial charge in [0, 0.05) is 30.6 Å². The smallest absolute Gasteiger partial charge is 0.414 e. The second-order valence-electron chi connectivity index (χ2n) is 31.3. The molecule has 4 unspecified atom stereocenters. The summed E-state index contributed by atoms with van der Waals surface area (Å²) in [5, 5.41) is 25.4. The zero-order valence-corrected chi connectivity index (χ0v) is 62.6. The highest BCUT2D eigenvalue weighted by Crippen LogP contribution is 2.62. The number of halogens is 1. The van der Waals surface area contributed by atoms with Crippen molar-refractivity contribution in [3.05, 3.63) is 198 Å². The Hall–Kier alpha value is -8.91. The number of carbonyl (C=O) groups is 8. The van der Waals surface area contributed by atoms with E-state index in [-0.39, 0.29) is 47.4 Å². The van der Waals surface area contributed by atoms with E-state index in [9.17, 15) is 48.6 Å². The lowest BCUT2D eigenvalue weighted by molar-refractivity contribution is -0.156. The summed E-state index contributed by atoms with van der Waals surface area (Å²) in [6.45, 7) is 18.5. The van der Waals surface area contributed by atoms with Crippen molar-refractivity contribution in [3.8, 4) is 11.5 Å². The van der Waals surface area contributed by atoms with E-state index in [0.717, 1.165) is 85.3 Å². The van der Waals surface area contributed by atoms with Gasteiger partial charge in [0.2, 0.25) is 5.91 Å². The molecule has 6 N–H and O–H groups in total. The van der Waals surface area contributed by atoms with Crippen LogP contribution in [0.5, 0.6) is 11.5 Å². The molecule has 2 heterocycles. The molecule has 20 heteroatoms. The Morgan fingerprint density at radius 2 is 0.849 bits per heavy atom. The maximum absolute atomic E-state index is 12.1. The van der Waals surface area contributed by atoms with E-state index in [1.165, 1.54) is 81.0 Å². The molecular formula is C86H98ClN3O16. The summed E-state index contributed by atoms with van der Waals surface area (Å²) in [7, 11) is 0. The fourth-order valence-corrected chi connectivity index (χ4v) is 19.5. The predicted molar refractivity (Wildman–Crippen MR) is 397 cm³/mol. The van der Waals surface area contributed by atoms with Crippen LogP contribution in [0.4, 0.5) is 9.59 Å². The van der Waals surface area contributed by atoms with Crippen LogP contribution in [0.2, 0.25) is 5.02 Å². The van der Waals surface area contributed by atoms with Crippen molar-refractivity contribution >= 4 is 59.4 Å². The zero-order valence-electron chi connectivity index (χ0n) is 61.8. The number of hydrogen-bond donors (Lipinski definition) is 5. The lowest BCUT2D eigenvalue weighted by atomic mass is 9.56. The van der Waals surface area contributed by atoms with Crippen LogP contribution in [0, 0.1) is 64.2 Å². The molecule has 10 bridgehead atoms. The first-order valence-electron chi connectivity index (χ1n) is 37.9. The molecule has 0 spiro atoms. The van der Waals surface area contributed by atoms with Gasteiger partial charge in [-0.3, -0.25) is 34.6 Å². The summed E-state index contributed by atoms with van der Waals surface area (Å²) in [5.74, 6) is 5.07. The number of nitrogens with two attached hydrogens (primary N) is 1. The number of imide groups is 2. The lowest BCUT2D eigenvalue weighted by Gasteiger charge is -2.49. The van der Waals surface area contributed by atoms with E-state index in [2.05, 4.69) is 110 Å². The number of cyclic esters (lactones) is 2. The van der Waals surface area contributed by atoms with Gasteiger partial charge in [-0.1, -0.05) is 119 Å². The van der Waals surface area contributed by atoms with Crippen molar-refractivity contribution in [2.75, 3.05) is 19.8 Å². The van der Waals surface area contributed by atoms with Crippen LogP contribution in [-0.4, -0.2) is 102 Å². The van der Waals surface area contributed by atoms with E-state index in [1.54, 1.807) is 13.8 Å². The molecule has 5 amide bonds. The maximum Gasteiger partial charge on any atom is 0.414 e. The van der Waals surface area contributed by atoms with E-state index >= 15 is 0 Å². The highest BCUT2D eigenvalue weighted by Gasteiger charge is 2.55. The highest BCUT2D eigenvalue weighted by atomic mass is 35.5. The molecule has 560 valence electrons. The van der Waals surface area contributed by atoms with Crippen LogP contribution in [-0.2, 0) is 52.5 Å². The van der Waals surface area contributed by atoms with E-state index in [0.29, 0.717) is 96.2 Å². The number of primary amides is 1. The van der Waals surface area contributed by atoms with Gasteiger partial charge >= 0.3 is 30.1 Å². The lowest BCUT2D eigenvalue weighted by Crippen LogP contribution is -2.44. The monoisotopic (exact) mass is 1460 g/mol. The molecule has 6 aromatic carbocycles. The molecule has 9 atom stereocenters. The Morgan fingerprint density at radius 1 is 0.472 bits per heavy atom. The molecule has 2 saturated heterocycles. The van der Waals surface area contributed by atoms with Gasteiger partial charge in [0.25, 0.3) is 11.8 Å². The van der Waals surface area contributed by atoms with Crippen LogP contribution < -0.4 is 21.1 Å². The number of aliphatic hydroxyl groups is 2. The summed E-state index contributed by atoms with van der Waals surface area (Å²) < 4.78 is 30.9. The number of rotatable bonds is 13. The van der Waals surface area contributed by atoms with Crippen molar-refractivity contribution in [2.24, 2.45) is 35.3 Å². The highest BCUT2D eigenvalue weighted by molar-refractivity contribution is 6.32. The minimum atomic E-state index is -1.04. The van der Waals surface area contributed by atoms with Gasteiger partial charge in [0.15, 0.2) is 18.3 Å². The van der Waals surface area contributed by atoms with E-state index < -0.39 is 48.5 Å².